The van der Waals surface area contributed by atoms with Gasteiger partial charge in [0.25, 0.3) is 0 Å². The Morgan fingerprint density at radius 1 is 0.811 bits per heavy atom. The van der Waals surface area contributed by atoms with Gasteiger partial charge in [-0.15, -0.1) is 0 Å². The van der Waals surface area contributed by atoms with E-state index in [4.69, 9.17) is 4.74 Å². The van der Waals surface area contributed by atoms with Gasteiger partial charge in [-0.3, -0.25) is 9.69 Å². The molecule has 198 valence electrons. The fourth-order valence-electron chi connectivity index (χ4n) is 5.15. The van der Waals surface area contributed by atoms with Crippen molar-refractivity contribution in [1.29, 1.82) is 0 Å². The number of aryl methyl sites for hydroxylation is 4. The summed E-state index contributed by atoms with van der Waals surface area (Å²) in [7, 11) is 0. The van der Waals surface area contributed by atoms with E-state index in [1.165, 1.54) is 33.4 Å². The normalized spacial score (nSPS) is 13.1. The zero-order chi connectivity index (χ0) is 26.9. The number of benzene rings is 3. The number of hydrogen-bond acceptors (Lipinski definition) is 3. The van der Waals surface area contributed by atoms with Gasteiger partial charge in [0.15, 0.2) is 0 Å². The van der Waals surface area contributed by atoms with Crippen LogP contribution in [0.4, 0.5) is 0 Å². The van der Waals surface area contributed by atoms with Crippen LogP contribution in [0.3, 0.4) is 0 Å². The molecule has 3 rings (SSSR count). The van der Waals surface area contributed by atoms with Crippen LogP contribution in [0.2, 0.25) is 0 Å². The molecule has 3 aromatic rings. The molecule has 0 amide bonds. The summed E-state index contributed by atoms with van der Waals surface area (Å²) in [4.78, 5) is 15.5. The summed E-state index contributed by atoms with van der Waals surface area (Å²) >= 11 is 0. The van der Waals surface area contributed by atoms with Crippen LogP contribution in [0.15, 0.2) is 66.7 Å². The Hall–Kier alpha value is -2.91. The second-order valence-corrected chi connectivity index (χ2v) is 11.1. The number of ether oxygens (including phenoxy) is 1. The predicted octanol–water partition coefficient (Wildman–Crippen LogP) is 8.42. The van der Waals surface area contributed by atoms with Crippen LogP contribution < -0.4 is 0 Å². The van der Waals surface area contributed by atoms with Crippen LogP contribution in [0.1, 0.15) is 85.1 Å². The third-order valence-electron chi connectivity index (χ3n) is 7.40. The van der Waals surface area contributed by atoms with Crippen LogP contribution in [-0.4, -0.2) is 16.9 Å². The fourth-order valence-corrected chi connectivity index (χ4v) is 5.15. The molecule has 0 fully saturated rings. The van der Waals surface area contributed by atoms with E-state index < -0.39 is 0 Å². The second kappa shape index (κ2) is 13.6. The summed E-state index contributed by atoms with van der Waals surface area (Å²) in [5, 5.41) is 0. The number of hydrogen-bond donors (Lipinski definition) is 0. The number of esters is 1. The highest BCUT2D eigenvalue weighted by Gasteiger charge is 2.29. The van der Waals surface area contributed by atoms with Crippen molar-refractivity contribution >= 4 is 5.97 Å². The molecular formula is C34H45NO2. The standard InChI is InChI=1S/C34H45NO2/c1-24(2)14-13-19-33(36)37-34(30-16-9-8-10-17-30)29(7)35(22-31-18-12-11-15-26(31)4)23-32-27(5)20-25(3)21-28(32)6/h8-12,15-18,20-21,24,29,34H,13-14,19,22-23H2,1-7H3/t29-,34-/m0/s1. The summed E-state index contributed by atoms with van der Waals surface area (Å²) in [6.45, 7) is 16.9. The van der Waals surface area contributed by atoms with Gasteiger partial charge in [-0.2, -0.15) is 0 Å². The summed E-state index contributed by atoms with van der Waals surface area (Å²) < 4.78 is 6.27. The van der Waals surface area contributed by atoms with Crippen molar-refractivity contribution in [3.63, 3.8) is 0 Å². The van der Waals surface area contributed by atoms with Gasteiger partial charge in [-0.1, -0.05) is 92.6 Å². The molecule has 0 aliphatic rings. The zero-order valence-electron chi connectivity index (χ0n) is 23.9. The molecule has 3 heteroatoms. The number of carbonyl (C=O) groups is 1. The van der Waals surface area contributed by atoms with Crippen molar-refractivity contribution in [1.82, 2.24) is 4.90 Å². The summed E-state index contributed by atoms with van der Waals surface area (Å²) in [6.07, 6.45) is 2.01. The highest BCUT2D eigenvalue weighted by molar-refractivity contribution is 5.69. The maximum Gasteiger partial charge on any atom is 0.306 e. The number of carbonyl (C=O) groups excluding carboxylic acids is 1. The van der Waals surface area contributed by atoms with E-state index in [1.54, 1.807) is 0 Å². The molecular weight excluding hydrogens is 454 g/mol. The van der Waals surface area contributed by atoms with Gasteiger partial charge in [0.05, 0.1) is 0 Å². The van der Waals surface area contributed by atoms with Gasteiger partial charge < -0.3 is 4.74 Å². The average Bonchev–Trinajstić information content (AvgIpc) is 2.85. The second-order valence-electron chi connectivity index (χ2n) is 11.1. The third kappa shape index (κ3) is 8.30. The van der Waals surface area contributed by atoms with Crippen molar-refractivity contribution in [3.05, 3.63) is 106 Å². The Kier molecular flexibility index (Phi) is 10.5. The summed E-state index contributed by atoms with van der Waals surface area (Å²) in [5.74, 6) is 0.474. The highest BCUT2D eigenvalue weighted by atomic mass is 16.5. The quantitative estimate of drug-likeness (QED) is 0.234. The van der Waals surface area contributed by atoms with E-state index in [0.717, 1.165) is 31.5 Å². The van der Waals surface area contributed by atoms with E-state index in [1.807, 2.05) is 18.2 Å². The predicted molar refractivity (Wildman–Crippen MR) is 155 cm³/mol. The molecule has 0 heterocycles. The van der Waals surface area contributed by atoms with Crippen LogP contribution >= 0.6 is 0 Å². The lowest BCUT2D eigenvalue weighted by atomic mass is 9.96. The third-order valence-corrected chi connectivity index (χ3v) is 7.40. The molecule has 0 unspecified atom stereocenters. The molecule has 0 saturated heterocycles. The summed E-state index contributed by atoms with van der Waals surface area (Å²) in [6, 6.07) is 23.3. The Labute approximate surface area is 224 Å². The van der Waals surface area contributed by atoms with Gasteiger partial charge in [0.2, 0.25) is 0 Å². The van der Waals surface area contributed by atoms with Crippen LogP contribution in [0, 0.1) is 33.6 Å². The zero-order valence-corrected chi connectivity index (χ0v) is 23.9. The molecule has 3 nitrogen and oxygen atoms in total. The van der Waals surface area contributed by atoms with Gasteiger partial charge in [0, 0.05) is 25.6 Å². The van der Waals surface area contributed by atoms with Crippen LogP contribution in [0.5, 0.6) is 0 Å². The summed E-state index contributed by atoms with van der Waals surface area (Å²) in [5.41, 5.74) is 8.86. The van der Waals surface area contributed by atoms with Crippen LogP contribution in [-0.2, 0) is 22.6 Å². The van der Waals surface area contributed by atoms with Crippen molar-refractivity contribution in [2.24, 2.45) is 5.92 Å². The van der Waals surface area contributed by atoms with Crippen molar-refractivity contribution in [2.45, 2.75) is 93.0 Å². The molecule has 0 radical (unpaired) electrons. The maximum atomic E-state index is 13.0. The average molecular weight is 500 g/mol. The first-order valence-electron chi connectivity index (χ1n) is 13.8. The molecule has 2 atom stereocenters. The van der Waals surface area contributed by atoms with Crippen molar-refractivity contribution in [3.8, 4) is 0 Å². The van der Waals surface area contributed by atoms with Gasteiger partial charge >= 0.3 is 5.97 Å². The lowest BCUT2D eigenvalue weighted by Crippen LogP contribution is -2.39. The van der Waals surface area contributed by atoms with E-state index in [2.05, 4.69) is 102 Å². The SMILES string of the molecule is Cc1cc(C)c(CN(Cc2ccccc2C)[C@@H](C)[C@H](OC(=O)CCCC(C)C)c2ccccc2)c(C)c1. The highest BCUT2D eigenvalue weighted by Crippen LogP contribution is 2.30. The maximum absolute atomic E-state index is 13.0. The van der Waals surface area contributed by atoms with Gasteiger partial charge in [0.1, 0.15) is 6.10 Å². The van der Waals surface area contributed by atoms with Crippen molar-refractivity contribution in [2.75, 3.05) is 0 Å². The minimum atomic E-state index is -0.345. The monoisotopic (exact) mass is 499 g/mol. The fraction of sp³-hybridized carbons (Fsp3) is 0.441. The molecule has 0 saturated carbocycles. The van der Waals surface area contributed by atoms with Crippen molar-refractivity contribution < 1.29 is 9.53 Å². The molecule has 0 aliphatic carbocycles. The molecule has 37 heavy (non-hydrogen) atoms. The largest absolute Gasteiger partial charge is 0.456 e. The van der Waals surface area contributed by atoms with E-state index >= 15 is 0 Å². The molecule has 0 N–H and O–H groups in total. The smallest absolute Gasteiger partial charge is 0.306 e. The first-order valence-corrected chi connectivity index (χ1v) is 13.8. The first kappa shape index (κ1) is 28.7. The van der Waals surface area contributed by atoms with Crippen LogP contribution in [0.25, 0.3) is 0 Å². The topological polar surface area (TPSA) is 29.5 Å². The lowest BCUT2D eigenvalue weighted by Gasteiger charge is -2.36. The molecule has 0 bridgehead atoms. The number of rotatable bonds is 12. The number of nitrogens with zero attached hydrogens (tertiary/aromatic N) is 1. The van der Waals surface area contributed by atoms with Gasteiger partial charge in [-0.25, -0.2) is 0 Å². The van der Waals surface area contributed by atoms with E-state index in [9.17, 15) is 4.79 Å². The van der Waals surface area contributed by atoms with Gasteiger partial charge in [-0.05, 0) is 80.3 Å². The molecule has 0 aromatic heterocycles. The Balaban J connectivity index is 1.95. The minimum Gasteiger partial charge on any atom is -0.456 e. The lowest BCUT2D eigenvalue weighted by molar-refractivity contribution is -0.153. The molecule has 3 aromatic carbocycles. The minimum absolute atomic E-state index is 0.0174. The Bertz CT molecular complexity index is 1130. The van der Waals surface area contributed by atoms with E-state index in [0.29, 0.717) is 12.3 Å². The molecule has 0 spiro atoms. The van der Waals surface area contributed by atoms with E-state index in [-0.39, 0.29) is 18.1 Å². The first-order chi connectivity index (χ1) is 17.7. The molecule has 0 aliphatic heterocycles. The Morgan fingerprint density at radius 2 is 1.43 bits per heavy atom. The Morgan fingerprint density at radius 3 is 2.05 bits per heavy atom.